The topological polar surface area (TPSA) is 24.5 Å². The van der Waals surface area contributed by atoms with Crippen molar-refractivity contribution in [3.05, 3.63) is 24.3 Å². The molecule has 1 aliphatic rings. The molecule has 0 radical (unpaired) electrons. The molecule has 0 spiro atoms. The fourth-order valence-corrected chi connectivity index (χ4v) is 2.92. The zero-order chi connectivity index (χ0) is 12.6. The molecule has 100 valence electrons. The first kappa shape index (κ1) is 13.7. The largest absolute Gasteiger partial charge is 0.497 e. The van der Waals surface area contributed by atoms with Gasteiger partial charge >= 0.3 is 0 Å². The summed E-state index contributed by atoms with van der Waals surface area (Å²) in [6.07, 6.45) is 1.26. The molecular weight excluding hydrogens is 244 g/mol. The minimum absolute atomic E-state index is 0.931. The van der Waals surface area contributed by atoms with Crippen LogP contribution in [0, 0.1) is 0 Å². The number of hydrogen-bond acceptors (Lipinski definition) is 4. The van der Waals surface area contributed by atoms with Gasteiger partial charge in [-0.2, -0.15) is 0 Å². The number of rotatable bonds is 6. The predicted octanol–water partition coefficient (Wildman–Crippen LogP) is 2.08. The van der Waals surface area contributed by atoms with Crippen molar-refractivity contribution in [2.45, 2.75) is 11.3 Å². The van der Waals surface area contributed by atoms with Crippen LogP contribution in [0.4, 0.5) is 0 Å². The fourth-order valence-electron chi connectivity index (χ4n) is 2.08. The van der Waals surface area contributed by atoms with Gasteiger partial charge in [0.1, 0.15) is 5.75 Å². The van der Waals surface area contributed by atoms with Crippen LogP contribution in [-0.4, -0.2) is 50.5 Å². The van der Waals surface area contributed by atoms with E-state index in [1.54, 1.807) is 7.11 Å². The van der Waals surface area contributed by atoms with Gasteiger partial charge in [0.05, 0.1) is 7.11 Å². The first-order valence-corrected chi connectivity index (χ1v) is 7.57. The first-order valence-electron chi connectivity index (χ1n) is 6.58. The second kappa shape index (κ2) is 7.67. The van der Waals surface area contributed by atoms with E-state index in [0.717, 1.165) is 18.8 Å². The molecule has 0 aliphatic carbocycles. The van der Waals surface area contributed by atoms with Gasteiger partial charge in [0.25, 0.3) is 0 Å². The van der Waals surface area contributed by atoms with Crippen LogP contribution in [0.3, 0.4) is 0 Å². The Morgan fingerprint density at radius 1 is 1.22 bits per heavy atom. The van der Waals surface area contributed by atoms with E-state index in [1.165, 1.54) is 36.7 Å². The van der Waals surface area contributed by atoms with Gasteiger partial charge < -0.3 is 15.0 Å². The molecule has 2 rings (SSSR count). The molecule has 1 aliphatic heterocycles. The summed E-state index contributed by atoms with van der Waals surface area (Å²) in [6, 6.07) is 8.32. The maximum Gasteiger partial charge on any atom is 0.118 e. The van der Waals surface area contributed by atoms with Crippen LogP contribution >= 0.6 is 11.8 Å². The van der Waals surface area contributed by atoms with Crippen molar-refractivity contribution in [1.29, 1.82) is 0 Å². The van der Waals surface area contributed by atoms with Gasteiger partial charge in [-0.05, 0) is 43.0 Å². The Bertz CT molecular complexity index is 336. The summed E-state index contributed by atoms with van der Waals surface area (Å²) in [7, 11) is 1.70. The van der Waals surface area contributed by atoms with E-state index in [-0.39, 0.29) is 0 Å². The van der Waals surface area contributed by atoms with Gasteiger partial charge in [-0.1, -0.05) is 0 Å². The fraction of sp³-hybridized carbons (Fsp3) is 0.571. The quantitative estimate of drug-likeness (QED) is 0.629. The second-order valence-corrected chi connectivity index (χ2v) is 5.64. The molecule has 1 aromatic carbocycles. The van der Waals surface area contributed by atoms with Crippen molar-refractivity contribution in [3.8, 4) is 5.75 Å². The number of hydrogen-bond donors (Lipinski definition) is 1. The minimum Gasteiger partial charge on any atom is -0.497 e. The molecule has 18 heavy (non-hydrogen) atoms. The Hall–Kier alpha value is -0.710. The molecule has 0 saturated carbocycles. The van der Waals surface area contributed by atoms with Gasteiger partial charge in [0.2, 0.25) is 0 Å². The summed E-state index contributed by atoms with van der Waals surface area (Å²) >= 11 is 1.93. The predicted molar refractivity (Wildman–Crippen MR) is 77.6 cm³/mol. The molecule has 1 heterocycles. The van der Waals surface area contributed by atoms with Gasteiger partial charge in [-0.15, -0.1) is 11.8 Å². The van der Waals surface area contributed by atoms with Crippen LogP contribution in [0.5, 0.6) is 5.75 Å². The van der Waals surface area contributed by atoms with Crippen molar-refractivity contribution < 1.29 is 4.74 Å². The van der Waals surface area contributed by atoms with E-state index in [0.29, 0.717) is 0 Å². The average Bonchev–Trinajstić information content (AvgIpc) is 2.45. The summed E-state index contributed by atoms with van der Waals surface area (Å²) < 4.78 is 5.15. The highest BCUT2D eigenvalue weighted by Gasteiger charge is 2.08. The van der Waals surface area contributed by atoms with Crippen molar-refractivity contribution in [1.82, 2.24) is 10.2 Å². The summed E-state index contributed by atoms with van der Waals surface area (Å²) in [6.45, 7) is 5.92. The van der Waals surface area contributed by atoms with Gasteiger partial charge in [0, 0.05) is 31.1 Å². The molecule has 0 aromatic heterocycles. The molecule has 0 unspecified atom stereocenters. The summed E-state index contributed by atoms with van der Waals surface area (Å²) in [4.78, 5) is 3.88. The Morgan fingerprint density at radius 2 is 1.94 bits per heavy atom. The average molecular weight is 266 g/mol. The molecule has 1 N–H and O–H groups in total. The van der Waals surface area contributed by atoms with Crippen LogP contribution in [0.2, 0.25) is 0 Å². The number of nitrogens with one attached hydrogen (secondary N) is 1. The van der Waals surface area contributed by atoms with Crippen LogP contribution in [-0.2, 0) is 0 Å². The van der Waals surface area contributed by atoms with E-state index in [1.807, 2.05) is 23.9 Å². The molecule has 1 aromatic rings. The van der Waals surface area contributed by atoms with Crippen LogP contribution in [0.1, 0.15) is 6.42 Å². The number of nitrogens with zero attached hydrogens (tertiary/aromatic N) is 1. The van der Waals surface area contributed by atoms with Crippen LogP contribution in [0.25, 0.3) is 0 Å². The maximum atomic E-state index is 5.15. The zero-order valence-corrected chi connectivity index (χ0v) is 11.8. The third-order valence-corrected chi connectivity index (χ3v) is 4.25. The number of benzene rings is 1. The van der Waals surface area contributed by atoms with Gasteiger partial charge in [-0.25, -0.2) is 0 Å². The Morgan fingerprint density at radius 3 is 2.61 bits per heavy atom. The summed E-state index contributed by atoms with van der Waals surface area (Å²) in [5.74, 6) is 2.12. The molecule has 0 atom stereocenters. The van der Waals surface area contributed by atoms with Crippen molar-refractivity contribution in [2.24, 2.45) is 0 Å². The van der Waals surface area contributed by atoms with Crippen molar-refractivity contribution >= 4 is 11.8 Å². The van der Waals surface area contributed by atoms with E-state index in [9.17, 15) is 0 Å². The van der Waals surface area contributed by atoms with Gasteiger partial charge in [0.15, 0.2) is 0 Å². The summed E-state index contributed by atoms with van der Waals surface area (Å²) in [5, 5.41) is 3.38. The highest BCUT2D eigenvalue weighted by molar-refractivity contribution is 7.99. The van der Waals surface area contributed by atoms with E-state index >= 15 is 0 Å². The number of thioether (sulfide) groups is 1. The first-order chi connectivity index (χ1) is 8.88. The molecule has 4 heteroatoms. The lowest BCUT2D eigenvalue weighted by molar-refractivity contribution is 0.242. The smallest absolute Gasteiger partial charge is 0.118 e. The number of piperazine rings is 1. The zero-order valence-electron chi connectivity index (χ0n) is 11.0. The SMILES string of the molecule is COc1ccc(SCCCN2CCNCC2)cc1. The van der Waals surface area contributed by atoms with Gasteiger partial charge in [-0.3, -0.25) is 0 Å². The molecule has 0 bridgehead atoms. The van der Waals surface area contributed by atoms with E-state index in [2.05, 4.69) is 22.3 Å². The van der Waals surface area contributed by atoms with E-state index < -0.39 is 0 Å². The van der Waals surface area contributed by atoms with Crippen LogP contribution < -0.4 is 10.1 Å². The molecule has 1 fully saturated rings. The monoisotopic (exact) mass is 266 g/mol. The molecule has 1 saturated heterocycles. The third-order valence-electron chi connectivity index (χ3n) is 3.16. The lowest BCUT2D eigenvalue weighted by Crippen LogP contribution is -2.43. The Labute approximate surface area is 114 Å². The maximum absolute atomic E-state index is 5.15. The second-order valence-electron chi connectivity index (χ2n) is 4.47. The lowest BCUT2D eigenvalue weighted by atomic mass is 10.3. The third kappa shape index (κ3) is 4.52. The highest BCUT2D eigenvalue weighted by atomic mass is 32.2. The van der Waals surface area contributed by atoms with Crippen LogP contribution in [0.15, 0.2) is 29.2 Å². The Kier molecular flexibility index (Phi) is 5.84. The number of methoxy groups -OCH3 is 1. The molecule has 0 amide bonds. The lowest BCUT2D eigenvalue weighted by Gasteiger charge is -2.26. The minimum atomic E-state index is 0.931. The normalized spacial score (nSPS) is 16.7. The highest BCUT2D eigenvalue weighted by Crippen LogP contribution is 2.21. The van der Waals surface area contributed by atoms with Crippen molar-refractivity contribution in [2.75, 3.05) is 45.6 Å². The summed E-state index contributed by atoms with van der Waals surface area (Å²) in [5.41, 5.74) is 0. The standard InChI is InChI=1S/C14H22N2OS/c1-17-13-3-5-14(6-4-13)18-12-2-9-16-10-7-15-8-11-16/h3-6,15H,2,7-12H2,1H3. The van der Waals surface area contributed by atoms with E-state index in [4.69, 9.17) is 4.74 Å². The Balaban J connectivity index is 1.62. The van der Waals surface area contributed by atoms with Crippen molar-refractivity contribution in [3.63, 3.8) is 0 Å². The molecular formula is C14H22N2OS. The number of ether oxygens (including phenoxy) is 1. The molecule has 3 nitrogen and oxygen atoms in total.